The van der Waals surface area contributed by atoms with E-state index in [9.17, 15) is 4.79 Å². The molecule has 0 spiro atoms. The molecule has 2 atom stereocenters. The van der Waals surface area contributed by atoms with Crippen LogP contribution in [0.2, 0.25) is 4.34 Å². The van der Waals surface area contributed by atoms with E-state index in [-0.39, 0.29) is 18.0 Å². The molecular weight excluding hydrogens is 436 g/mol. The van der Waals surface area contributed by atoms with Gasteiger partial charge in [0.2, 0.25) is 5.91 Å². The van der Waals surface area contributed by atoms with Crippen LogP contribution in [-0.2, 0) is 4.79 Å². The Hall–Kier alpha value is -2.48. The van der Waals surface area contributed by atoms with Gasteiger partial charge in [-0.2, -0.15) is 0 Å². The van der Waals surface area contributed by atoms with Gasteiger partial charge in [0.1, 0.15) is 0 Å². The largest absolute Gasteiger partial charge is 0.351 e. The maximum absolute atomic E-state index is 11.8. The molecule has 1 aromatic carbocycles. The summed E-state index contributed by atoms with van der Waals surface area (Å²) in [5.74, 6) is -0.00877. The third-order valence-corrected chi connectivity index (χ3v) is 6.68. The van der Waals surface area contributed by atoms with E-state index < -0.39 is 0 Å². The highest BCUT2D eigenvalue weighted by Crippen LogP contribution is 2.44. The van der Waals surface area contributed by atoms with Crippen LogP contribution < -0.4 is 15.5 Å². The van der Waals surface area contributed by atoms with Gasteiger partial charge in [-0.1, -0.05) is 24.6 Å². The lowest BCUT2D eigenvalue weighted by atomic mass is 10.0. The monoisotopic (exact) mass is 456 g/mol. The molecule has 0 saturated carbocycles. The maximum Gasteiger partial charge on any atom is 0.224 e. The van der Waals surface area contributed by atoms with Crippen molar-refractivity contribution in [2.45, 2.75) is 32.4 Å². The second-order valence-corrected chi connectivity index (χ2v) is 9.17. The topological polar surface area (TPSA) is 57.3 Å². The number of nitrogens with one attached hydrogen (secondary N) is 2. The molecule has 30 heavy (non-hydrogen) atoms. The van der Waals surface area contributed by atoms with E-state index in [0.29, 0.717) is 11.5 Å². The Balaban J connectivity index is 1.74. The van der Waals surface area contributed by atoms with Crippen LogP contribution in [0.3, 0.4) is 0 Å². The van der Waals surface area contributed by atoms with E-state index in [0.717, 1.165) is 31.8 Å². The summed E-state index contributed by atoms with van der Waals surface area (Å²) in [7, 11) is 0. The molecule has 8 heteroatoms. The zero-order chi connectivity index (χ0) is 21.3. The average Bonchev–Trinajstić information content (AvgIpc) is 3.32. The molecule has 2 N–H and O–H groups in total. The van der Waals surface area contributed by atoms with Gasteiger partial charge in [-0.3, -0.25) is 9.78 Å². The van der Waals surface area contributed by atoms with Crippen molar-refractivity contribution in [2.75, 3.05) is 10.2 Å². The van der Waals surface area contributed by atoms with E-state index in [2.05, 4.69) is 20.5 Å². The third-order valence-electron chi connectivity index (χ3n) is 5.07. The van der Waals surface area contributed by atoms with Gasteiger partial charge in [0, 0.05) is 28.9 Å². The Morgan fingerprint density at radius 1 is 1.30 bits per heavy atom. The summed E-state index contributed by atoms with van der Waals surface area (Å²) < 4.78 is 0.733. The number of anilines is 2. The number of halogens is 1. The van der Waals surface area contributed by atoms with E-state index in [1.807, 2.05) is 62.4 Å². The second kappa shape index (κ2) is 8.71. The molecule has 154 valence electrons. The summed E-state index contributed by atoms with van der Waals surface area (Å²) in [5.41, 5.74) is 3.65. The Bertz CT molecular complexity index is 1090. The molecule has 5 nitrogen and oxygen atoms in total. The number of rotatable bonds is 5. The molecule has 2 aromatic heterocycles. The summed E-state index contributed by atoms with van der Waals surface area (Å²) in [6.07, 6.45) is 2.23. The van der Waals surface area contributed by atoms with Crippen molar-refractivity contribution in [1.29, 1.82) is 0 Å². The van der Waals surface area contributed by atoms with Gasteiger partial charge in [0.25, 0.3) is 0 Å². The van der Waals surface area contributed by atoms with Crippen molar-refractivity contribution in [3.8, 4) is 0 Å². The SMILES string of the molecule is CCC(=O)Nc1ccc(N2C(=S)N[C@H](c3ccccn3)[C@@H]2c2ccc(Cl)s2)cc1C. The molecule has 1 saturated heterocycles. The standard InChI is InChI=1S/C22H21ClN4OS2/c1-3-19(28)25-15-8-7-14(12-13(15)2)27-21(17-9-10-18(23)30-17)20(26-22(27)29)16-6-4-5-11-24-16/h4-12,20-21H,3H2,1-2H3,(H,25,28)(H,26,29)/t20-,21+/m1/s1. The Morgan fingerprint density at radius 2 is 2.13 bits per heavy atom. The number of thiocarbonyl (C=S) groups is 1. The first kappa shape index (κ1) is 20.8. The van der Waals surface area contributed by atoms with Crippen LogP contribution >= 0.6 is 35.2 Å². The predicted molar refractivity (Wildman–Crippen MR) is 127 cm³/mol. The van der Waals surface area contributed by atoms with Gasteiger partial charge in [0.15, 0.2) is 5.11 Å². The first-order valence-electron chi connectivity index (χ1n) is 9.64. The zero-order valence-electron chi connectivity index (χ0n) is 16.6. The van der Waals surface area contributed by atoms with Crippen LogP contribution in [0.5, 0.6) is 0 Å². The number of amides is 1. The fourth-order valence-corrected chi connectivity index (χ4v) is 5.12. The van der Waals surface area contributed by atoms with Crippen LogP contribution in [-0.4, -0.2) is 16.0 Å². The fourth-order valence-electron chi connectivity index (χ4n) is 3.59. The van der Waals surface area contributed by atoms with Gasteiger partial charge < -0.3 is 15.5 Å². The Morgan fingerprint density at radius 3 is 2.77 bits per heavy atom. The van der Waals surface area contributed by atoms with Crippen LogP contribution in [0.4, 0.5) is 11.4 Å². The van der Waals surface area contributed by atoms with Crippen molar-refractivity contribution in [3.05, 3.63) is 75.2 Å². The number of hydrogen-bond donors (Lipinski definition) is 2. The van der Waals surface area contributed by atoms with Gasteiger partial charge in [-0.25, -0.2) is 0 Å². The molecule has 1 aliphatic rings. The molecule has 0 aliphatic carbocycles. The van der Waals surface area contributed by atoms with E-state index in [1.165, 1.54) is 0 Å². The molecule has 0 bridgehead atoms. The first-order chi connectivity index (χ1) is 14.5. The highest BCUT2D eigenvalue weighted by molar-refractivity contribution is 7.80. The van der Waals surface area contributed by atoms with E-state index >= 15 is 0 Å². The minimum Gasteiger partial charge on any atom is -0.351 e. The number of benzene rings is 1. The summed E-state index contributed by atoms with van der Waals surface area (Å²) in [5, 5.41) is 7.01. The predicted octanol–water partition coefficient (Wildman–Crippen LogP) is 5.63. The summed E-state index contributed by atoms with van der Waals surface area (Å²) >= 11 is 13.5. The normalized spacial score (nSPS) is 18.4. The molecule has 0 radical (unpaired) electrons. The average molecular weight is 457 g/mol. The third kappa shape index (κ3) is 4.05. The number of carbonyl (C=O) groups is 1. The number of pyridine rings is 1. The molecule has 0 unspecified atom stereocenters. The second-order valence-electron chi connectivity index (χ2n) is 7.04. The summed E-state index contributed by atoms with van der Waals surface area (Å²) in [6, 6.07) is 15.6. The van der Waals surface area contributed by atoms with E-state index in [4.69, 9.17) is 23.8 Å². The minimum atomic E-state index is -0.104. The summed E-state index contributed by atoms with van der Waals surface area (Å²) in [4.78, 5) is 19.6. The molecule has 3 heterocycles. The maximum atomic E-state index is 11.8. The molecule has 1 amide bonds. The van der Waals surface area contributed by atoms with Crippen LogP contribution in [0, 0.1) is 6.92 Å². The number of thiophene rings is 1. The lowest BCUT2D eigenvalue weighted by molar-refractivity contribution is -0.115. The van der Waals surface area contributed by atoms with Crippen LogP contribution in [0.25, 0.3) is 0 Å². The van der Waals surface area contributed by atoms with Gasteiger partial charge in [-0.15, -0.1) is 11.3 Å². The van der Waals surface area contributed by atoms with Crippen molar-refractivity contribution < 1.29 is 4.79 Å². The quantitative estimate of drug-likeness (QED) is 0.487. The minimum absolute atomic E-state index is 0.00877. The lowest BCUT2D eigenvalue weighted by Crippen LogP contribution is -2.29. The molecule has 3 aromatic rings. The van der Waals surface area contributed by atoms with Crippen molar-refractivity contribution in [2.24, 2.45) is 0 Å². The Labute approximate surface area is 190 Å². The first-order valence-corrected chi connectivity index (χ1v) is 11.2. The molecule has 1 aliphatic heterocycles. The molecule has 1 fully saturated rings. The number of aryl methyl sites for hydroxylation is 1. The van der Waals surface area contributed by atoms with Crippen molar-refractivity contribution >= 4 is 57.5 Å². The van der Waals surface area contributed by atoms with Gasteiger partial charge >= 0.3 is 0 Å². The molecular formula is C22H21ClN4OS2. The smallest absolute Gasteiger partial charge is 0.224 e. The van der Waals surface area contributed by atoms with Gasteiger partial charge in [-0.05, 0) is 67.2 Å². The lowest BCUT2D eigenvalue weighted by Gasteiger charge is -2.27. The number of nitrogens with zero attached hydrogens (tertiary/aromatic N) is 2. The number of aromatic nitrogens is 1. The van der Waals surface area contributed by atoms with Crippen molar-refractivity contribution in [3.63, 3.8) is 0 Å². The zero-order valence-corrected chi connectivity index (χ0v) is 18.9. The highest BCUT2D eigenvalue weighted by Gasteiger charge is 2.41. The summed E-state index contributed by atoms with van der Waals surface area (Å²) in [6.45, 7) is 3.82. The highest BCUT2D eigenvalue weighted by atomic mass is 35.5. The van der Waals surface area contributed by atoms with Crippen LogP contribution in [0.15, 0.2) is 54.7 Å². The van der Waals surface area contributed by atoms with Crippen molar-refractivity contribution in [1.82, 2.24) is 10.3 Å². The van der Waals surface area contributed by atoms with Crippen LogP contribution in [0.1, 0.15) is 41.6 Å². The van der Waals surface area contributed by atoms with E-state index in [1.54, 1.807) is 17.5 Å². The fraction of sp³-hybridized carbons (Fsp3) is 0.227. The molecule has 4 rings (SSSR count). The number of carbonyl (C=O) groups excluding carboxylic acids is 1. The Kier molecular flexibility index (Phi) is 6.04. The number of hydrogen-bond acceptors (Lipinski definition) is 4. The van der Waals surface area contributed by atoms with Gasteiger partial charge in [0.05, 0.1) is 22.1 Å².